The van der Waals surface area contributed by atoms with Crippen LogP contribution < -0.4 is 25.6 Å². The summed E-state index contributed by atoms with van der Waals surface area (Å²) in [7, 11) is 3.34. The first-order valence-electron chi connectivity index (χ1n) is 14.7. The summed E-state index contributed by atoms with van der Waals surface area (Å²) in [5.74, 6) is 1.89. The summed E-state index contributed by atoms with van der Waals surface area (Å²) in [6, 6.07) is 16.8. The summed E-state index contributed by atoms with van der Waals surface area (Å²) >= 11 is 1.58. The molecule has 5 rings (SSSR count). The Kier molecular flexibility index (Phi) is 9.11. The van der Waals surface area contributed by atoms with Gasteiger partial charge in [0, 0.05) is 47.5 Å². The van der Waals surface area contributed by atoms with E-state index >= 15 is 0 Å². The first-order chi connectivity index (χ1) is 20.1. The third-order valence-corrected chi connectivity index (χ3v) is 13.5. The third-order valence-electron chi connectivity index (χ3n) is 8.36. The lowest BCUT2D eigenvalue weighted by Gasteiger charge is -2.36. The van der Waals surface area contributed by atoms with Crippen LogP contribution in [0.2, 0.25) is 0 Å². The standard InChI is InChI=1S/C32H43N6O2PS/c1-21(2)41(39,22(3)4)29-11-9-8-10-26(29)33-31-30-27(16-19-42-30)35-32(36-31)34-25-13-12-24(20-28(25)40-7)38-17-14-23(15-18-38)37(5)6/h8-13,16,19-23H,14-15,17-18H2,1-7H3,(H2,33,34,35,36). The lowest BCUT2D eigenvalue weighted by molar-refractivity contribution is 0.249. The van der Waals surface area contributed by atoms with Gasteiger partial charge in [0.05, 0.1) is 28.7 Å². The van der Waals surface area contributed by atoms with Gasteiger partial charge in [-0.15, -0.1) is 11.3 Å². The Morgan fingerprint density at radius 1 is 0.976 bits per heavy atom. The number of nitrogens with zero attached hydrogens (tertiary/aromatic N) is 4. The number of thiophene rings is 1. The van der Waals surface area contributed by atoms with E-state index in [0.717, 1.165) is 64.3 Å². The van der Waals surface area contributed by atoms with Crippen molar-refractivity contribution >= 4 is 62.8 Å². The second kappa shape index (κ2) is 12.6. The Bertz CT molecular complexity index is 1570. The van der Waals surface area contributed by atoms with Crippen LogP contribution in [-0.2, 0) is 4.57 Å². The predicted molar refractivity (Wildman–Crippen MR) is 180 cm³/mol. The first-order valence-corrected chi connectivity index (χ1v) is 17.4. The van der Waals surface area contributed by atoms with Gasteiger partial charge in [0.25, 0.3) is 0 Å². The summed E-state index contributed by atoms with van der Waals surface area (Å²) in [5, 5.41) is 9.82. The molecule has 2 aromatic carbocycles. The summed E-state index contributed by atoms with van der Waals surface area (Å²) in [4.78, 5) is 14.4. The summed E-state index contributed by atoms with van der Waals surface area (Å²) in [6.07, 6.45) is 2.29. The summed E-state index contributed by atoms with van der Waals surface area (Å²) in [5.41, 5.74) is 3.67. The third kappa shape index (κ3) is 6.01. The molecule has 0 bridgehead atoms. The second-order valence-electron chi connectivity index (χ2n) is 11.8. The number of piperidine rings is 1. The number of hydrogen-bond acceptors (Lipinski definition) is 9. The van der Waals surface area contributed by atoms with Crippen molar-refractivity contribution in [1.82, 2.24) is 14.9 Å². The van der Waals surface area contributed by atoms with E-state index in [0.29, 0.717) is 17.8 Å². The van der Waals surface area contributed by atoms with E-state index in [4.69, 9.17) is 14.7 Å². The van der Waals surface area contributed by atoms with Crippen molar-refractivity contribution in [3.8, 4) is 5.75 Å². The zero-order valence-electron chi connectivity index (χ0n) is 25.7. The Labute approximate surface area is 253 Å². The average Bonchev–Trinajstić information content (AvgIpc) is 3.46. The van der Waals surface area contributed by atoms with E-state index in [2.05, 4.69) is 46.7 Å². The second-order valence-corrected chi connectivity index (χ2v) is 16.6. The number of fused-ring (bicyclic) bond motifs is 1. The number of anilines is 5. The van der Waals surface area contributed by atoms with Crippen molar-refractivity contribution in [3.05, 3.63) is 53.9 Å². The van der Waals surface area contributed by atoms with Gasteiger partial charge in [-0.25, -0.2) is 4.98 Å². The van der Waals surface area contributed by atoms with E-state index in [-0.39, 0.29) is 11.3 Å². The normalized spacial score (nSPS) is 14.8. The number of aromatic nitrogens is 2. The number of benzene rings is 2. The van der Waals surface area contributed by atoms with Gasteiger partial charge in [-0.2, -0.15) is 4.98 Å². The topological polar surface area (TPSA) is 82.6 Å². The quantitative estimate of drug-likeness (QED) is 0.179. The SMILES string of the molecule is COc1cc(N2CCC(N(C)C)CC2)ccc1Nc1nc(Nc2ccccc2P(=O)(C(C)C)C(C)C)c2sccc2n1. The molecule has 0 spiro atoms. The minimum atomic E-state index is -2.68. The molecule has 0 saturated carbocycles. The molecule has 1 aliphatic heterocycles. The maximum absolute atomic E-state index is 14.3. The van der Waals surface area contributed by atoms with E-state index in [9.17, 15) is 4.57 Å². The minimum Gasteiger partial charge on any atom is -0.494 e. The molecular formula is C32H43N6O2PS. The average molecular weight is 607 g/mol. The van der Waals surface area contributed by atoms with E-state index in [1.165, 1.54) is 0 Å². The van der Waals surface area contributed by atoms with E-state index in [1.54, 1.807) is 18.4 Å². The number of para-hydroxylation sites is 1. The molecule has 2 N–H and O–H groups in total. The van der Waals surface area contributed by atoms with Gasteiger partial charge in [-0.3, -0.25) is 0 Å². The molecule has 0 unspecified atom stereocenters. The van der Waals surface area contributed by atoms with Crippen LogP contribution in [0.25, 0.3) is 10.2 Å². The molecule has 1 fully saturated rings. The zero-order chi connectivity index (χ0) is 30.0. The number of hydrogen-bond donors (Lipinski definition) is 2. The molecular weight excluding hydrogens is 563 g/mol. The highest BCUT2D eigenvalue weighted by molar-refractivity contribution is 7.73. The largest absolute Gasteiger partial charge is 0.494 e. The highest BCUT2D eigenvalue weighted by atomic mass is 32.1. The predicted octanol–water partition coefficient (Wildman–Crippen LogP) is 7.52. The fourth-order valence-electron chi connectivity index (χ4n) is 5.91. The Balaban J connectivity index is 1.44. The minimum absolute atomic E-state index is 0.0274. The van der Waals surface area contributed by atoms with Gasteiger partial charge in [-0.05, 0) is 62.6 Å². The molecule has 1 aliphatic rings. The van der Waals surface area contributed by atoms with Crippen molar-refractivity contribution < 1.29 is 9.30 Å². The fourth-order valence-corrected chi connectivity index (χ4v) is 9.82. The van der Waals surface area contributed by atoms with Crippen LogP contribution in [0.3, 0.4) is 0 Å². The lowest BCUT2D eigenvalue weighted by atomic mass is 10.0. The Morgan fingerprint density at radius 2 is 1.69 bits per heavy atom. The molecule has 224 valence electrons. The molecule has 10 heteroatoms. The van der Waals surface area contributed by atoms with Crippen LogP contribution in [-0.4, -0.2) is 66.5 Å². The van der Waals surface area contributed by atoms with Gasteiger partial charge in [-0.1, -0.05) is 39.8 Å². The Morgan fingerprint density at radius 3 is 2.36 bits per heavy atom. The van der Waals surface area contributed by atoms with Crippen LogP contribution in [0.15, 0.2) is 53.9 Å². The molecule has 2 aromatic heterocycles. The van der Waals surface area contributed by atoms with Crippen molar-refractivity contribution in [3.63, 3.8) is 0 Å². The zero-order valence-corrected chi connectivity index (χ0v) is 27.4. The molecule has 4 aromatic rings. The Hall–Kier alpha value is -3.13. The monoisotopic (exact) mass is 606 g/mol. The van der Waals surface area contributed by atoms with Crippen molar-refractivity contribution in [2.75, 3.05) is 49.8 Å². The van der Waals surface area contributed by atoms with Gasteiger partial charge in [0.1, 0.15) is 12.9 Å². The fraction of sp³-hybridized carbons (Fsp3) is 0.438. The van der Waals surface area contributed by atoms with Gasteiger partial charge in [0.15, 0.2) is 5.82 Å². The maximum atomic E-state index is 14.3. The van der Waals surface area contributed by atoms with Crippen LogP contribution in [0.1, 0.15) is 40.5 Å². The number of methoxy groups -OCH3 is 1. The highest BCUT2D eigenvalue weighted by Crippen LogP contribution is 2.55. The smallest absolute Gasteiger partial charge is 0.229 e. The molecule has 1 saturated heterocycles. The first kappa shape index (κ1) is 30.3. The number of nitrogens with one attached hydrogen (secondary N) is 2. The molecule has 0 radical (unpaired) electrons. The highest BCUT2D eigenvalue weighted by Gasteiger charge is 2.34. The van der Waals surface area contributed by atoms with Crippen molar-refractivity contribution in [2.24, 2.45) is 0 Å². The lowest BCUT2D eigenvalue weighted by Crippen LogP contribution is -2.41. The van der Waals surface area contributed by atoms with Crippen molar-refractivity contribution in [1.29, 1.82) is 0 Å². The van der Waals surface area contributed by atoms with Crippen LogP contribution in [0.4, 0.5) is 28.8 Å². The molecule has 8 nitrogen and oxygen atoms in total. The molecule has 0 amide bonds. The maximum Gasteiger partial charge on any atom is 0.229 e. The van der Waals surface area contributed by atoms with Crippen LogP contribution >= 0.6 is 18.5 Å². The van der Waals surface area contributed by atoms with Crippen LogP contribution in [0, 0.1) is 0 Å². The van der Waals surface area contributed by atoms with Crippen LogP contribution in [0.5, 0.6) is 5.75 Å². The van der Waals surface area contributed by atoms with Gasteiger partial charge in [0.2, 0.25) is 5.95 Å². The molecule has 0 aliphatic carbocycles. The van der Waals surface area contributed by atoms with E-state index < -0.39 is 7.14 Å². The molecule has 42 heavy (non-hydrogen) atoms. The summed E-state index contributed by atoms with van der Waals surface area (Å²) in [6.45, 7) is 10.2. The van der Waals surface area contributed by atoms with Gasteiger partial charge >= 0.3 is 0 Å². The summed E-state index contributed by atoms with van der Waals surface area (Å²) < 4.78 is 21.1. The van der Waals surface area contributed by atoms with Gasteiger partial charge < -0.3 is 29.7 Å². The number of ether oxygens (including phenoxy) is 1. The van der Waals surface area contributed by atoms with Crippen molar-refractivity contribution in [2.45, 2.75) is 57.9 Å². The van der Waals surface area contributed by atoms with E-state index in [1.807, 2.05) is 69.5 Å². The number of rotatable bonds is 10. The molecule has 3 heterocycles. The molecule has 0 atom stereocenters.